The molecule has 1 atom stereocenters. The van der Waals surface area contributed by atoms with Crippen LogP contribution < -0.4 is 14.5 Å². The Morgan fingerprint density at radius 3 is 2.95 bits per heavy atom. The highest BCUT2D eigenvalue weighted by molar-refractivity contribution is 6.03. The molecule has 3 aliphatic rings. The van der Waals surface area contributed by atoms with E-state index in [0.717, 1.165) is 43.1 Å². The van der Waals surface area contributed by atoms with Crippen molar-refractivity contribution in [3.8, 4) is 5.75 Å². The van der Waals surface area contributed by atoms with Crippen molar-refractivity contribution >= 4 is 17.3 Å². The molecule has 0 aromatic heterocycles. The Bertz CT molecular complexity index is 581. The van der Waals surface area contributed by atoms with Crippen LogP contribution in [0, 0.1) is 0 Å². The van der Waals surface area contributed by atoms with Crippen molar-refractivity contribution in [2.24, 2.45) is 0 Å². The maximum atomic E-state index is 13.0. The van der Waals surface area contributed by atoms with Crippen LogP contribution in [0.5, 0.6) is 5.75 Å². The minimum atomic E-state index is -0.666. The first-order valence-electron chi connectivity index (χ1n) is 7.66. The molecule has 1 unspecified atom stereocenters. The lowest BCUT2D eigenvalue weighted by molar-refractivity contribution is -0.136. The largest absolute Gasteiger partial charge is 0.489 e. The molecule has 1 aromatic rings. The number of benzene rings is 1. The van der Waals surface area contributed by atoms with Crippen molar-refractivity contribution in [3.63, 3.8) is 0 Å². The van der Waals surface area contributed by atoms with Crippen LogP contribution in [-0.2, 0) is 9.53 Å². The van der Waals surface area contributed by atoms with Gasteiger partial charge in [0.05, 0.1) is 12.2 Å². The lowest BCUT2D eigenvalue weighted by Gasteiger charge is -2.42. The first-order chi connectivity index (χ1) is 10.2. The number of carbonyl (C=O) groups is 1. The summed E-state index contributed by atoms with van der Waals surface area (Å²) in [6.07, 6.45) is 1.76. The summed E-state index contributed by atoms with van der Waals surface area (Å²) in [5.74, 6) is 0.965. The van der Waals surface area contributed by atoms with E-state index in [1.54, 1.807) is 0 Å². The van der Waals surface area contributed by atoms with Crippen LogP contribution in [0.25, 0.3) is 0 Å². The van der Waals surface area contributed by atoms with E-state index in [9.17, 15) is 4.79 Å². The number of para-hydroxylation sites is 1. The Kier molecular flexibility index (Phi) is 2.85. The molecule has 1 saturated heterocycles. The third-order valence-corrected chi connectivity index (χ3v) is 4.71. The molecule has 0 N–H and O–H groups in total. The van der Waals surface area contributed by atoms with E-state index in [4.69, 9.17) is 9.47 Å². The van der Waals surface area contributed by atoms with Crippen molar-refractivity contribution in [1.29, 1.82) is 0 Å². The molecule has 5 nitrogen and oxygen atoms in total. The second-order valence-corrected chi connectivity index (χ2v) is 6.10. The van der Waals surface area contributed by atoms with E-state index < -0.39 is 5.60 Å². The van der Waals surface area contributed by atoms with Gasteiger partial charge in [-0.3, -0.25) is 4.79 Å². The molecule has 3 heterocycles. The molecule has 0 spiro atoms. The molecule has 5 heteroatoms. The van der Waals surface area contributed by atoms with Crippen LogP contribution in [0.3, 0.4) is 0 Å². The van der Waals surface area contributed by atoms with Crippen LogP contribution in [0.2, 0.25) is 0 Å². The molecule has 1 amide bonds. The quantitative estimate of drug-likeness (QED) is 0.790. The van der Waals surface area contributed by atoms with Gasteiger partial charge in [0.1, 0.15) is 23.6 Å². The molecule has 1 fully saturated rings. The molecule has 0 saturated carbocycles. The van der Waals surface area contributed by atoms with Gasteiger partial charge in [-0.15, -0.1) is 0 Å². The first-order valence-corrected chi connectivity index (χ1v) is 7.66. The van der Waals surface area contributed by atoms with Crippen molar-refractivity contribution in [2.45, 2.75) is 25.4 Å². The molecule has 21 heavy (non-hydrogen) atoms. The Balaban J connectivity index is 1.74. The topological polar surface area (TPSA) is 42.0 Å². The summed E-state index contributed by atoms with van der Waals surface area (Å²) < 4.78 is 11.5. The molecule has 1 aromatic carbocycles. The van der Waals surface area contributed by atoms with E-state index in [1.165, 1.54) is 0 Å². The smallest absolute Gasteiger partial charge is 0.259 e. The number of hydrogen-bond donors (Lipinski definition) is 0. The Morgan fingerprint density at radius 2 is 2.14 bits per heavy atom. The first kappa shape index (κ1) is 13.0. The van der Waals surface area contributed by atoms with Gasteiger partial charge in [0.25, 0.3) is 5.91 Å². The van der Waals surface area contributed by atoms with Crippen LogP contribution >= 0.6 is 0 Å². The van der Waals surface area contributed by atoms with Crippen LogP contribution in [0.4, 0.5) is 11.4 Å². The summed E-state index contributed by atoms with van der Waals surface area (Å²) in [6.45, 7) is 5.77. The molecule has 0 aliphatic carbocycles. The SMILES string of the molecule is CC1(C(=O)N2CCN3CCOc4cccc2c43)CCCO1. The van der Waals surface area contributed by atoms with Crippen molar-refractivity contribution in [3.05, 3.63) is 18.2 Å². The van der Waals surface area contributed by atoms with E-state index >= 15 is 0 Å². The number of nitrogens with zero attached hydrogens (tertiary/aromatic N) is 2. The van der Waals surface area contributed by atoms with E-state index in [1.807, 2.05) is 30.0 Å². The molecular weight excluding hydrogens is 268 g/mol. The van der Waals surface area contributed by atoms with Gasteiger partial charge in [-0.1, -0.05) is 6.07 Å². The highest BCUT2D eigenvalue weighted by atomic mass is 16.5. The van der Waals surface area contributed by atoms with E-state index in [-0.39, 0.29) is 5.91 Å². The summed E-state index contributed by atoms with van der Waals surface area (Å²) in [5, 5.41) is 0. The van der Waals surface area contributed by atoms with Crippen LogP contribution in [0.1, 0.15) is 19.8 Å². The second-order valence-electron chi connectivity index (χ2n) is 6.10. The van der Waals surface area contributed by atoms with Gasteiger partial charge in [-0.25, -0.2) is 0 Å². The third kappa shape index (κ3) is 1.91. The normalized spacial score (nSPS) is 27.3. The van der Waals surface area contributed by atoms with Gasteiger partial charge < -0.3 is 19.3 Å². The Labute approximate surface area is 124 Å². The molecular formula is C16H20N2O3. The van der Waals surface area contributed by atoms with Crippen molar-refractivity contribution in [1.82, 2.24) is 0 Å². The summed E-state index contributed by atoms with van der Waals surface area (Å²) in [7, 11) is 0. The average Bonchev–Trinajstić information content (AvgIpc) is 2.96. The van der Waals surface area contributed by atoms with Crippen molar-refractivity contribution < 1.29 is 14.3 Å². The van der Waals surface area contributed by atoms with E-state index in [0.29, 0.717) is 19.8 Å². The predicted molar refractivity (Wildman–Crippen MR) is 80.1 cm³/mol. The predicted octanol–water partition coefficient (Wildman–Crippen LogP) is 1.80. The third-order valence-electron chi connectivity index (χ3n) is 4.71. The Hall–Kier alpha value is -1.75. The van der Waals surface area contributed by atoms with Gasteiger partial charge in [0, 0.05) is 19.7 Å². The van der Waals surface area contributed by atoms with Gasteiger partial charge >= 0.3 is 0 Å². The monoisotopic (exact) mass is 288 g/mol. The average molecular weight is 288 g/mol. The lowest BCUT2D eigenvalue weighted by Crippen LogP contribution is -2.53. The number of anilines is 2. The van der Waals surface area contributed by atoms with E-state index in [2.05, 4.69) is 4.90 Å². The number of ether oxygens (including phenoxy) is 2. The van der Waals surface area contributed by atoms with Crippen molar-refractivity contribution in [2.75, 3.05) is 42.6 Å². The minimum absolute atomic E-state index is 0.0821. The standard InChI is InChI=1S/C16H20N2O3/c1-16(6-3-10-21-16)15(19)18-8-7-17-9-11-20-13-5-2-4-12(18)14(13)17/h2,4-5H,3,6-11H2,1H3. The minimum Gasteiger partial charge on any atom is -0.489 e. The fourth-order valence-corrected chi connectivity index (χ4v) is 3.55. The number of rotatable bonds is 1. The Morgan fingerprint density at radius 1 is 1.24 bits per heavy atom. The zero-order valence-corrected chi connectivity index (χ0v) is 12.3. The van der Waals surface area contributed by atoms with Gasteiger partial charge in [-0.05, 0) is 31.9 Å². The van der Waals surface area contributed by atoms with Gasteiger partial charge in [0.2, 0.25) is 0 Å². The number of hydrogen-bond acceptors (Lipinski definition) is 4. The zero-order valence-electron chi connectivity index (χ0n) is 12.3. The van der Waals surface area contributed by atoms with Gasteiger partial charge in [-0.2, -0.15) is 0 Å². The molecule has 112 valence electrons. The highest BCUT2D eigenvalue weighted by Gasteiger charge is 2.43. The summed E-state index contributed by atoms with van der Waals surface area (Å²) in [4.78, 5) is 17.2. The summed E-state index contributed by atoms with van der Waals surface area (Å²) >= 11 is 0. The fourth-order valence-electron chi connectivity index (χ4n) is 3.55. The summed E-state index contributed by atoms with van der Waals surface area (Å²) in [6, 6.07) is 5.95. The second kappa shape index (κ2) is 4.63. The zero-order chi connectivity index (χ0) is 14.4. The molecule has 0 bridgehead atoms. The van der Waals surface area contributed by atoms with Gasteiger partial charge in [0.15, 0.2) is 0 Å². The maximum absolute atomic E-state index is 13.0. The molecule has 4 rings (SSSR count). The fraction of sp³-hybridized carbons (Fsp3) is 0.562. The van der Waals surface area contributed by atoms with Crippen LogP contribution in [-0.4, -0.2) is 44.4 Å². The lowest BCUT2D eigenvalue weighted by atomic mass is 9.99. The molecule has 0 radical (unpaired) electrons. The van der Waals surface area contributed by atoms with Crippen LogP contribution in [0.15, 0.2) is 18.2 Å². The summed E-state index contributed by atoms with van der Waals surface area (Å²) in [5.41, 5.74) is 1.35. The molecule has 3 aliphatic heterocycles. The number of amides is 1. The number of carbonyl (C=O) groups excluding carboxylic acids is 1. The maximum Gasteiger partial charge on any atom is 0.259 e. The highest BCUT2D eigenvalue weighted by Crippen LogP contribution is 2.43.